The molecule has 3 rings (SSSR count). The van der Waals surface area contributed by atoms with Crippen molar-refractivity contribution in [3.05, 3.63) is 78.4 Å². The van der Waals surface area contributed by atoms with Crippen molar-refractivity contribution in [2.75, 3.05) is 33.9 Å². The Morgan fingerprint density at radius 3 is 2.24 bits per heavy atom. The van der Waals surface area contributed by atoms with E-state index in [0.29, 0.717) is 12.4 Å². The summed E-state index contributed by atoms with van der Waals surface area (Å²) in [5.41, 5.74) is 3.15. The number of benzene rings is 2. The van der Waals surface area contributed by atoms with Gasteiger partial charge in [-0.25, -0.2) is 4.98 Å². The van der Waals surface area contributed by atoms with Crippen LogP contribution in [0.3, 0.4) is 0 Å². The third-order valence-electron chi connectivity index (χ3n) is 5.24. The summed E-state index contributed by atoms with van der Waals surface area (Å²) in [6.45, 7) is 2.38. The molecule has 33 heavy (non-hydrogen) atoms. The number of hydrogen-bond acceptors (Lipinski definition) is 6. The van der Waals surface area contributed by atoms with Crippen LogP contribution < -0.4 is 4.74 Å². The second-order valence-electron chi connectivity index (χ2n) is 8.35. The maximum Gasteiger partial charge on any atom is 0.137 e. The molecule has 0 fully saturated rings. The van der Waals surface area contributed by atoms with E-state index in [1.54, 1.807) is 23.9 Å². The minimum Gasteiger partial charge on any atom is -0.491 e. The molecule has 7 nitrogen and oxygen atoms in total. The lowest BCUT2D eigenvalue weighted by atomic mass is 10.0. The van der Waals surface area contributed by atoms with Crippen LogP contribution in [0.15, 0.2) is 67.0 Å². The van der Waals surface area contributed by atoms with Gasteiger partial charge in [-0.2, -0.15) is 0 Å². The topological polar surface area (TPSA) is 91.0 Å². The van der Waals surface area contributed by atoms with Crippen LogP contribution in [0, 0.1) is 0 Å². The highest BCUT2D eigenvalue weighted by Gasteiger charge is 2.14. The average molecular weight is 452 g/mol. The van der Waals surface area contributed by atoms with Gasteiger partial charge in [-0.1, -0.05) is 48.6 Å². The molecule has 0 radical (unpaired) electrons. The van der Waals surface area contributed by atoms with Crippen molar-refractivity contribution in [1.29, 1.82) is 0 Å². The molecule has 3 aromatic rings. The molecule has 0 amide bonds. The standard InChI is InChI=1S/C26H33N3O4/c1-19(31)26-27-14-15-29(26)23(17-30)11-6-20-4-7-21(8-5-20)22-9-12-25(13-10-22)33-18-24(32)16-28(2)3/h4-15,19,23-24,30-32H,16-18H2,1-3H3/b11-6+. The van der Waals surface area contributed by atoms with Gasteiger partial charge in [0.05, 0.1) is 12.6 Å². The molecular weight excluding hydrogens is 418 g/mol. The van der Waals surface area contributed by atoms with E-state index in [-0.39, 0.29) is 19.3 Å². The van der Waals surface area contributed by atoms with E-state index in [1.165, 1.54) is 0 Å². The maximum absolute atomic E-state index is 9.92. The van der Waals surface area contributed by atoms with Crippen molar-refractivity contribution < 1.29 is 20.1 Å². The lowest BCUT2D eigenvalue weighted by molar-refractivity contribution is 0.0831. The Morgan fingerprint density at radius 1 is 1.03 bits per heavy atom. The summed E-state index contributed by atoms with van der Waals surface area (Å²) in [5, 5.41) is 29.6. The molecule has 0 aliphatic rings. The van der Waals surface area contributed by atoms with Gasteiger partial charge in [-0.15, -0.1) is 0 Å². The number of hydrogen-bond donors (Lipinski definition) is 3. The third-order valence-corrected chi connectivity index (χ3v) is 5.24. The van der Waals surface area contributed by atoms with Crippen LogP contribution in [0.2, 0.25) is 0 Å². The number of imidazole rings is 1. The predicted molar refractivity (Wildman–Crippen MR) is 130 cm³/mol. The molecule has 3 unspecified atom stereocenters. The zero-order valence-corrected chi connectivity index (χ0v) is 19.4. The maximum atomic E-state index is 9.92. The van der Waals surface area contributed by atoms with Crippen LogP contribution in [0.4, 0.5) is 0 Å². The summed E-state index contributed by atoms with van der Waals surface area (Å²) in [5.74, 6) is 1.25. The highest BCUT2D eigenvalue weighted by molar-refractivity contribution is 5.66. The molecule has 176 valence electrons. The summed E-state index contributed by atoms with van der Waals surface area (Å²) >= 11 is 0. The number of ether oxygens (including phenoxy) is 1. The number of rotatable bonds is 11. The summed E-state index contributed by atoms with van der Waals surface area (Å²) in [7, 11) is 3.83. The van der Waals surface area contributed by atoms with Gasteiger partial charge < -0.3 is 29.5 Å². The Balaban J connectivity index is 1.62. The van der Waals surface area contributed by atoms with Crippen molar-refractivity contribution >= 4 is 6.08 Å². The van der Waals surface area contributed by atoms with Crippen molar-refractivity contribution in [1.82, 2.24) is 14.5 Å². The molecule has 1 heterocycles. The third kappa shape index (κ3) is 7.00. The molecule has 0 bridgehead atoms. The number of aliphatic hydroxyl groups excluding tert-OH is 3. The Labute approximate surface area is 195 Å². The van der Waals surface area contributed by atoms with Crippen molar-refractivity contribution in [2.24, 2.45) is 0 Å². The molecule has 2 aromatic carbocycles. The van der Waals surface area contributed by atoms with Gasteiger partial charge in [-0.3, -0.25) is 0 Å². The molecule has 7 heteroatoms. The first-order valence-electron chi connectivity index (χ1n) is 11.0. The highest BCUT2D eigenvalue weighted by atomic mass is 16.5. The summed E-state index contributed by atoms with van der Waals surface area (Å²) in [6.07, 6.45) is 5.99. The molecule has 1 aromatic heterocycles. The Kier molecular flexibility index (Phi) is 8.79. The van der Waals surface area contributed by atoms with Gasteiger partial charge in [0.25, 0.3) is 0 Å². The van der Waals surface area contributed by atoms with Gasteiger partial charge in [-0.05, 0) is 49.8 Å². The van der Waals surface area contributed by atoms with Gasteiger partial charge in [0.15, 0.2) is 0 Å². The largest absolute Gasteiger partial charge is 0.491 e. The lowest BCUT2D eigenvalue weighted by Crippen LogP contribution is -2.30. The monoisotopic (exact) mass is 451 g/mol. The quantitative estimate of drug-likeness (QED) is 0.415. The molecule has 3 N–H and O–H groups in total. The second kappa shape index (κ2) is 11.8. The minimum atomic E-state index is -0.707. The first-order chi connectivity index (χ1) is 15.9. The molecule has 0 aliphatic carbocycles. The average Bonchev–Trinajstić information content (AvgIpc) is 3.29. The zero-order chi connectivity index (χ0) is 23.8. The normalized spacial score (nSPS) is 14.5. The molecule has 0 aliphatic heterocycles. The van der Waals surface area contributed by atoms with Gasteiger partial charge in [0, 0.05) is 18.9 Å². The Morgan fingerprint density at radius 2 is 1.67 bits per heavy atom. The highest BCUT2D eigenvalue weighted by Crippen LogP contribution is 2.24. The second-order valence-corrected chi connectivity index (χ2v) is 8.35. The van der Waals surface area contributed by atoms with Crippen LogP contribution in [0.25, 0.3) is 17.2 Å². The fourth-order valence-electron chi connectivity index (χ4n) is 3.59. The predicted octanol–water partition coefficient (Wildman–Crippen LogP) is 3.15. The van der Waals surface area contributed by atoms with E-state index in [2.05, 4.69) is 4.98 Å². The van der Waals surface area contributed by atoms with Crippen LogP contribution in [0.1, 0.15) is 30.5 Å². The van der Waals surface area contributed by atoms with E-state index < -0.39 is 12.2 Å². The molecule has 0 spiro atoms. The number of likely N-dealkylation sites (N-methyl/N-ethyl adjacent to an activating group) is 1. The number of aromatic nitrogens is 2. The summed E-state index contributed by atoms with van der Waals surface area (Å²) in [4.78, 5) is 6.09. The SMILES string of the molecule is CC(O)c1nccn1C(/C=C/c1ccc(-c2ccc(OCC(O)CN(C)C)cc2)cc1)CO. The number of aliphatic hydroxyl groups is 3. The summed E-state index contributed by atoms with van der Waals surface area (Å²) in [6, 6.07) is 15.6. The Bertz CT molecular complexity index is 1010. The number of nitrogens with zero attached hydrogens (tertiary/aromatic N) is 3. The van der Waals surface area contributed by atoms with E-state index in [1.807, 2.05) is 79.7 Å². The smallest absolute Gasteiger partial charge is 0.137 e. The van der Waals surface area contributed by atoms with Crippen molar-refractivity contribution in [3.8, 4) is 16.9 Å². The fraction of sp³-hybridized carbons (Fsp3) is 0.346. The molecular formula is C26H33N3O4. The van der Waals surface area contributed by atoms with Crippen LogP contribution in [0.5, 0.6) is 5.75 Å². The van der Waals surface area contributed by atoms with Gasteiger partial charge in [0.1, 0.15) is 30.4 Å². The minimum absolute atomic E-state index is 0.0920. The fourth-order valence-corrected chi connectivity index (χ4v) is 3.59. The molecule has 0 saturated carbocycles. The lowest BCUT2D eigenvalue weighted by Gasteiger charge is -2.16. The van der Waals surface area contributed by atoms with Gasteiger partial charge in [0.2, 0.25) is 0 Å². The summed E-state index contributed by atoms with van der Waals surface area (Å²) < 4.78 is 7.45. The van der Waals surface area contributed by atoms with E-state index >= 15 is 0 Å². The van der Waals surface area contributed by atoms with Crippen molar-refractivity contribution in [2.45, 2.75) is 25.2 Å². The van der Waals surface area contributed by atoms with Crippen LogP contribution >= 0.6 is 0 Å². The Hall–Kier alpha value is -2.97. The molecule has 0 saturated heterocycles. The van der Waals surface area contributed by atoms with Crippen LogP contribution in [-0.4, -0.2) is 69.7 Å². The van der Waals surface area contributed by atoms with E-state index in [9.17, 15) is 15.3 Å². The van der Waals surface area contributed by atoms with Crippen molar-refractivity contribution in [3.63, 3.8) is 0 Å². The first kappa shape index (κ1) is 24.7. The zero-order valence-electron chi connectivity index (χ0n) is 19.4. The van der Waals surface area contributed by atoms with E-state index in [0.717, 1.165) is 22.4 Å². The van der Waals surface area contributed by atoms with Gasteiger partial charge >= 0.3 is 0 Å². The molecule has 3 atom stereocenters. The van der Waals surface area contributed by atoms with Crippen LogP contribution in [-0.2, 0) is 0 Å². The van der Waals surface area contributed by atoms with E-state index in [4.69, 9.17) is 4.74 Å². The first-order valence-corrected chi connectivity index (χ1v) is 11.0.